The second-order valence-electron chi connectivity index (χ2n) is 8.96. The van der Waals surface area contributed by atoms with Gasteiger partial charge in [0.1, 0.15) is 5.76 Å². The number of anilines is 1. The van der Waals surface area contributed by atoms with Crippen LogP contribution >= 0.6 is 11.8 Å². The minimum atomic E-state index is -5.33. The lowest BCUT2D eigenvalue weighted by Gasteiger charge is -2.25. The van der Waals surface area contributed by atoms with E-state index in [1.54, 1.807) is 32.0 Å². The average Bonchev–Trinajstić information content (AvgIpc) is 3.22. The van der Waals surface area contributed by atoms with Crippen LogP contribution in [0, 0.1) is 13.8 Å². The van der Waals surface area contributed by atoms with Crippen molar-refractivity contribution in [3.05, 3.63) is 76.2 Å². The molecule has 2 heterocycles. The van der Waals surface area contributed by atoms with Crippen molar-refractivity contribution >= 4 is 29.4 Å². The number of rotatable bonds is 7. The Morgan fingerprint density at radius 2 is 1.75 bits per heavy atom. The van der Waals surface area contributed by atoms with Crippen LogP contribution in [-0.2, 0) is 28.4 Å². The molecule has 0 saturated carbocycles. The van der Waals surface area contributed by atoms with E-state index in [-0.39, 0.29) is 26.3 Å². The number of hydrogen-bond donors (Lipinski definition) is 1. The quantitative estimate of drug-likeness (QED) is 0.239. The second kappa shape index (κ2) is 12.0. The Hall–Kier alpha value is -3.45. The predicted octanol–water partition coefficient (Wildman–Crippen LogP) is 6.96. The van der Waals surface area contributed by atoms with Crippen molar-refractivity contribution in [3.63, 3.8) is 0 Å². The number of halogens is 6. The van der Waals surface area contributed by atoms with Gasteiger partial charge in [-0.05, 0) is 49.8 Å². The van der Waals surface area contributed by atoms with Crippen molar-refractivity contribution in [1.82, 2.24) is 10.1 Å². The molecule has 214 valence electrons. The fraction of sp³-hybridized carbons (Fsp3) is 0.333. The highest BCUT2D eigenvalue weighted by Gasteiger charge is 2.46. The molecule has 1 amide bonds. The molecule has 0 aliphatic carbocycles. The summed E-state index contributed by atoms with van der Waals surface area (Å²) in [5.41, 5.74) is -2.34. The van der Waals surface area contributed by atoms with E-state index < -0.39 is 39.8 Å². The van der Waals surface area contributed by atoms with Crippen molar-refractivity contribution < 1.29 is 40.4 Å². The molecule has 0 atom stereocenters. The topological polar surface area (TPSA) is 67.6 Å². The van der Waals surface area contributed by atoms with Crippen LogP contribution in [0.2, 0.25) is 0 Å². The Labute approximate surface area is 230 Å². The molecule has 0 unspecified atom stereocenters. The Balaban J connectivity index is 1.65. The molecule has 0 bridgehead atoms. The van der Waals surface area contributed by atoms with Crippen molar-refractivity contribution in [2.75, 3.05) is 31.6 Å². The van der Waals surface area contributed by atoms with Gasteiger partial charge in [-0.1, -0.05) is 29.1 Å². The Morgan fingerprint density at radius 1 is 1.05 bits per heavy atom. The first-order chi connectivity index (χ1) is 18.8. The zero-order valence-corrected chi connectivity index (χ0v) is 22.3. The molecule has 13 heteroatoms. The Kier molecular flexibility index (Phi) is 8.83. The zero-order chi connectivity index (χ0) is 29.1. The van der Waals surface area contributed by atoms with Crippen LogP contribution in [0.4, 0.5) is 32.0 Å². The fourth-order valence-corrected chi connectivity index (χ4v) is 5.24. The molecule has 0 spiro atoms. The van der Waals surface area contributed by atoms with Crippen LogP contribution in [0.5, 0.6) is 0 Å². The second-order valence-corrected chi connectivity index (χ2v) is 10.1. The van der Waals surface area contributed by atoms with Gasteiger partial charge in [-0.25, -0.2) is 0 Å². The highest BCUT2D eigenvalue weighted by Crippen LogP contribution is 2.48. The number of morpholine rings is 1. The fourth-order valence-electron chi connectivity index (χ4n) is 4.20. The number of carbonyl (C=O) groups excluding carboxylic acids is 1. The van der Waals surface area contributed by atoms with E-state index in [4.69, 9.17) is 9.26 Å². The summed E-state index contributed by atoms with van der Waals surface area (Å²) < 4.78 is 95.2. The third kappa shape index (κ3) is 7.00. The molecule has 3 aromatic rings. The SMILES string of the molecule is Cc1noc(C)c1CNc1cccc(Sc2ccc(/C=C/C(=O)N3CCOCC3)c(C(F)(F)F)c2C(F)(F)F)c1. The van der Waals surface area contributed by atoms with E-state index in [2.05, 4.69) is 10.5 Å². The summed E-state index contributed by atoms with van der Waals surface area (Å²) >= 11 is 0.567. The minimum Gasteiger partial charge on any atom is -0.381 e. The van der Waals surface area contributed by atoms with E-state index in [9.17, 15) is 31.1 Å². The number of ether oxygens (including phenoxy) is 1. The summed E-state index contributed by atoms with van der Waals surface area (Å²) in [4.78, 5) is 13.4. The average molecular weight is 586 g/mol. The van der Waals surface area contributed by atoms with Crippen molar-refractivity contribution in [2.24, 2.45) is 0 Å². The molecule has 4 rings (SSSR count). The monoisotopic (exact) mass is 585 g/mol. The van der Waals surface area contributed by atoms with Gasteiger partial charge in [0.05, 0.1) is 30.0 Å². The number of amides is 1. The largest absolute Gasteiger partial charge is 0.418 e. The van der Waals surface area contributed by atoms with Crippen molar-refractivity contribution in [2.45, 2.75) is 42.5 Å². The Morgan fingerprint density at radius 3 is 2.38 bits per heavy atom. The molecule has 40 heavy (non-hydrogen) atoms. The summed E-state index contributed by atoms with van der Waals surface area (Å²) in [6.45, 7) is 4.88. The van der Waals surface area contributed by atoms with Crippen molar-refractivity contribution in [1.29, 1.82) is 0 Å². The predicted molar refractivity (Wildman–Crippen MR) is 137 cm³/mol. The molecular formula is C27H25F6N3O3S. The minimum absolute atomic E-state index is 0.241. The van der Waals surface area contributed by atoms with E-state index >= 15 is 0 Å². The lowest BCUT2D eigenvalue weighted by molar-refractivity contribution is -0.163. The maximum Gasteiger partial charge on any atom is 0.418 e. The molecule has 2 aromatic carbocycles. The first kappa shape index (κ1) is 29.5. The van der Waals surface area contributed by atoms with Gasteiger partial charge in [0.15, 0.2) is 0 Å². The van der Waals surface area contributed by atoms with Crippen LogP contribution in [-0.4, -0.2) is 42.3 Å². The smallest absolute Gasteiger partial charge is 0.381 e. The van der Waals surface area contributed by atoms with E-state index in [0.717, 1.165) is 29.8 Å². The number of benzene rings is 2. The normalized spacial score (nSPS) is 14.7. The number of nitrogens with one attached hydrogen (secondary N) is 1. The first-order valence-corrected chi connectivity index (χ1v) is 13.0. The van der Waals surface area contributed by atoms with Gasteiger partial charge in [-0.15, -0.1) is 0 Å². The van der Waals surface area contributed by atoms with Gasteiger partial charge in [0, 0.05) is 46.8 Å². The van der Waals surface area contributed by atoms with Gasteiger partial charge in [0.2, 0.25) is 5.91 Å². The van der Waals surface area contributed by atoms with Gasteiger partial charge in [0.25, 0.3) is 0 Å². The van der Waals surface area contributed by atoms with Gasteiger partial charge < -0.3 is 19.5 Å². The number of aryl methyl sites for hydroxylation is 2. The molecule has 1 N–H and O–H groups in total. The maximum atomic E-state index is 14.2. The molecule has 1 aromatic heterocycles. The molecule has 0 radical (unpaired) electrons. The third-order valence-corrected chi connectivity index (χ3v) is 7.26. The summed E-state index contributed by atoms with van der Waals surface area (Å²) in [5, 5.41) is 7.00. The van der Waals surface area contributed by atoms with Crippen LogP contribution in [0.25, 0.3) is 6.08 Å². The highest BCUT2D eigenvalue weighted by atomic mass is 32.2. The molecule has 1 saturated heterocycles. The van der Waals surface area contributed by atoms with Gasteiger partial charge in [-0.2, -0.15) is 26.3 Å². The van der Waals surface area contributed by atoms with Crippen LogP contribution in [0.3, 0.4) is 0 Å². The number of carbonyl (C=O) groups is 1. The highest BCUT2D eigenvalue weighted by molar-refractivity contribution is 7.99. The molecule has 1 aliphatic heterocycles. The lowest BCUT2D eigenvalue weighted by Crippen LogP contribution is -2.39. The van der Waals surface area contributed by atoms with E-state index in [1.165, 1.54) is 11.0 Å². The summed E-state index contributed by atoms with van der Waals surface area (Å²) in [5.74, 6) is 0.00940. The van der Waals surface area contributed by atoms with Gasteiger partial charge >= 0.3 is 12.4 Å². The first-order valence-electron chi connectivity index (χ1n) is 12.1. The number of alkyl halides is 6. The molecule has 6 nitrogen and oxygen atoms in total. The summed E-state index contributed by atoms with van der Waals surface area (Å²) in [7, 11) is 0. The zero-order valence-electron chi connectivity index (χ0n) is 21.4. The third-order valence-electron chi connectivity index (χ3n) is 6.21. The maximum absolute atomic E-state index is 14.2. The van der Waals surface area contributed by atoms with Crippen LogP contribution < -0.4 is 5.32 Å². The molecule has 1 fully saturated rings. The van der Waals surface area contributed by atoms with E-state index in [0.29, 0.717) is 40.3 Å². The summed E-state index contributed by atoms with van der Waals surface area (Å²) in [6, 6.07) is 8.27. The molecule has 1 aliphatic rings. The molecular weight excluding hydrogens is 560 g/mol. The van der Waals surface area contributed by atoms with Gasteiger partial charge in [-0.3, -0.25) is 4.79 Å². The number of aromatic nitrogens is 1. The Bertz CT molecular complexity index is 1380. The lowest BCUT2D eigenvalue weighted by atomic mass is 9.99. The van der Waals surface area contributed by atoms with E-state index in [1.807, 2.05) is 0 Å². The number of hydrogen-bond acceptors (Lipinski definition) is 6. The number of nitrogens with zero attached hydrogens (tertiary/aromatic N) is 2. The van der Waals surface area contributed by atoms with Crippen molar-refractivity contribution in [3.8, 4) is 0 Å². The van der Waals surface area contributed by atoms with Crippen LogP contribution in [0.15, 0.2) is 56.8 Å². The standard InChI is InChI=1S/C27H25F6N3O3S/c1-16-21(17(2)39-35-16)15-34-19-4-3-5-20(14-19)40-22-8-6-18(7-9-23(37)36-10-12-38-13-11-36)24(26(28,29)30)25(22)27(31,32)33/h3-9,14,34H,10-13,15H2,1-2H3/b9-7+. The summed E-state index contributed by atoms with van der Waals surface area (Å²) in [6.07, 6.45) is -9.01. The van der Waals surface area contributed by atoms with Crippen LogP contribution in [0.1, 0.15) is 33.7 Å².